The maximum atomic E-state index is 13.2. The van der Waals surface area contributed by atoms with Crippen LogP contribution in [0.2, 0.25) is 0 Å². The van der Waals surface area contributed by atoms with Crippen molar-refractivity contribution in [3.8, 4) is 11.5 Å². The van der Waals surface area contributed by atoms with Gasteiger partial charge >= 0.3 is 0 Å². The third-order valence-electron chi connectivity index (χ3n) is 4.25. The second-order valence-corrected chi connectivity index (χ2v) is 7.98. The normalized spacial score (nSPS) is 14.2. The number of amides is 2. The summed E-state index contributed by atoms with van der Waals surface area (Å²) in [6, 6.07) is 14.3. The molecule has 0 atom stereocenters. The highest BCUT2D eigenvalue weighted by molar-refractivity contribution is 8.04. The van der Waals surface area contributed by atoms with Crippen LogP contribution in [0.15, 0.2) is 53.4 Å². The van der Waals surface area contributed by atoms with Gasteiger partial charge in [0.1, 0.15) is 11.5 Å². The molecule has 1 heterocycles. The molecule has 0 spiro atoms. The minimum absolute atomic E-state index is 0.0522. The summed E-state index contributed by atoms with van der Waals surface area (Å²) in [5, 5.41) is 0. The monoisotopic (exact) mass is 411 g/mol. The SMILES string of the molecule is CCOc1ccc(C2=C(SCC)C(=O)N(c3ccc(OC(C)C)cc3)C2=O)cc1. The summed E-state index contributed by atoms with van der Waals surface area (Å²) >= 11 is 1.39. The van der Waals surface area contributed by atoms with Gasteiger partial charge in [-0.3, -0.25) is 9.59 Å². The molecule has 0 aliphatic carbocycles. The van der Waals surface area contributed by atoms with Gasteiger partial charge in [0.05, 0.1) is 28.9 Å². The Kier molecular flexibility index (Phi) is 6.64. The molecule has 2 amide bonds. The summed E-state index contributed by atoms with van der Waals surface area (Å²) in [6.45, 7) is 8.35. The van der Waals surface area contributed by atoms with Gasteiger partial charge in [-0.2, -0.15) is 0 Å². The van der Waals surface area contributed by atoms with E-state index in [1.807, 2.05) is 52.0 Å². The first kappa shape index (κ1) is 21.0. The number of benzene rings is 2. The zero-order valence-corrected chi connectivity index (χ0v) is 17.9. The van der Waals surface area contributed by atoms with E-state index in [1.165, 1.54) is 16.7 Å². The number of ether oxygens (including phenoxy) is 2. The topological polar surface area (TPSA) is 55.8 Å². The number of carbonyl (C=O) groups is 2. The summed E-state index contributed by atoms with van der Waals surface area (Å²) in [4.78, 5) is 28.1. The highest BCUT2D eigenvalue weighted by atomic mass is 32.2. The van der Waals surface area contributed by atoms with Crippen LogP contribution in [0.5, 0.6) is 11.5 Å². The van der Waals surface area contributed by atoms with Crippen molar-refractivity contribution in [3.63, 3.8) is 0 Å². The van der Waals surface area contributed by atoms with Crippen molar-refractivity contribution in [2.45, 2.75) is 33.8 Å². The molecular weight excluding hydrogens is 386 g/mol. The van der Waals surface area contributed by atoms with Crippen LogP contribution in [0.25, 0.3) is 5.57 Å². The summed E-state index contributed by atoms with van der Waals surface area (Å²) < 4.78 is 11.1. The lowest BCUT2D eigenvalue weighted by atomic mass is 10.1. The first-order valence-electron chi connectivity index (χ1n) is 9.72. The van der Waals surface area contributed by atoms with E-state index in [0.29, 0.717) is 39.8 Å². The molecule has 152 valence electrons. The quantitative estimate of drug-likeness (QED) is 0.578. The first-order valence-corrected chi connectivity index (χ1v) is 10.7. The predicted octanol–water partition coefficient (Wildman–Crippen LogP) is 4.91. The van der Waals surface area contributed by atoms with Gasteiger partial charge in [0.25, 0.3) is 11.8 Å². The van der Waals surface area contributed by atoms with Crippen molar-refractivity contribution in [2.24, 2.45) is 0 Å². The van der Waals surface area contributed by atoms with Gasteiger partial charge in [-0.25, -0.2) is 4.90 Å². The van der Waals surface area contributed by atoms with Gasteiger partial charge in [0, 0.05) is 0 Å². The van der Waals surface area contributed by atoms with Crippen molar-refractivity contribution in [1.82, 2.24) is 0 Å². The molecule has 29 heavy (non-hydrogen) atoms. The molecule has 0 saturated carbocycles. The van der Waals surface area contributed by atoms with Gasteiger partial charge in [-0.05, 0) is 68.5 Å². The Morgan fingerprint density at radius 1 is 0.897 bits per heavy atom. The number of anilines is 1. The number of rotatable bonds is 8. The van der Waals surface area contributed by atoms with Crippen molar-refractivity contribution in [3.05, 3.63) is 59.0 Å². The van der Waals surface area contributed by atoms with Crippen molar-refractivity contribution >= 4 is 34.8 Å². The van der Waals surface area contributed by atoms with E-state index in [9.17, 15) is 9.59 Å². The van der Waals surface area contributed by atoms with E-state index >= 15 is 0 Å². The van der Waals surface area contributed by atoms with Crippen LogP contribution >= 0.6 is 11.8 Å². The van der Waals surface area contributed by atoms with Gasteiger partial charge in [0.15, 0.2) is 0 Å². The third-order valence-corrected chi connectivity index (χ3v) is 5.21. The molecule has 5 nitrogen and oxygen atoms in total. The van der Waals surface area contributed by atoms with E-state index in [4.69, 9.17) is 9.47 Å². The Bertz CT molecular complexity index is 917. The van der Waals surface area contributed by atoms with E-state index in [0.717, 1.165) is 5.75 Å². The number of carbonyl (C=O) groups excluding carboxylic acids is 2. The minimum atomic E-state index is -0.312. The van der Waals surface area contributed by atoms with E-state index in [1.54, 1.807) is 24.3 Å². The Morgan fingerprint density at radius 2 is 1.52 bits per heavy atom. The van der Waals surface area contributed by atoms with Crippen LogP contribution < -0.4 is 14.4 Å². The average molecular weight is 412 g/mol. The van der Waals surface area contributed by atoms with Gasteiger partial charge in [0.2, 0.25) is 0 Å². The molecule has 1 aliphatic rings. The molecular formula is C23H25NO4S. The Balaban J connectivity index is 1.94. The molecule has 0 radical (unpaired) electrons. The lowest BCUT2D eigenvalue weighted by Gasteiger charge is -2.16. The van der Waals surface area contributed by atoms with Gasteiger partial charge < -0.3 is 9.47 Å². The lowest BCUT2D eigenvalue weighted by molar-refractivity contribution is -0.119. The summed E-state index contributed by atoms with van der Waals surface area (Å²) in [5.41, 5.74) is 1.68. The molecule has 0 bridgehead atoms. The largest absolute Gasteiger partial charge is 0.494 e. The van der Waals surface area contributed by atoms with Crippen LogP contribution in [0, 0.1) is 0 Å². The van der Waals surface area contributed by atoms with Crippen LogP contribution in [0.1, 0.15) is 33.3 Å². The molecule has 2 aromatic rings. The third kappa shape index (κ3) is 4.48. The minimum Gasteiger partial charge on any atom is -0.494 e. The van der Waals surface area contributed by atoms with Crippen LogP contribution in [-0.4, -0.2) is 30.3 Å². The van der Waals surface area contributed by atoms with Gasteiger partial charge in [-0.1, -0.05) is 19.1 Å². The number of nitrogens with zero attached hydrogens (tertiary/aromatic N) is 1. The number of hydrogen-bond donors (Lipinski definition) is 0. The van der Waals surface area contributed by atoms with Crippen LogP contribution in [-0.2, 0) is 9.59 Å². The zero-order valence-electron chi connectivity index (χ0n) is 17.1. The standard InChI is InChI=1S/C23H25NO4S/c1-5-27-18-11-7-16(8-12-18)20-21(29-6-2)23(26)24(22(20)25)17-9-13-19(14-10-17)28-15(3)4/h7-15H,5-6H2,1-4H3. The summed E-state index contributed by atoms with van der Waals surface area (Å²) in [5.74, 6) is 1.53. The lowest BCUT2D eigenvalue weighted by Crippen LogP contribution is -2.31. The number of imide groups is 1. The number of thioether (sulfide) groups is 1. The molecule has 0 saturated heterocycles. The predicted molar refractivity (Wildman–Crippen MR) is 117 cm³/mol. The molecule has 3 rings (SSSR count). The first-order chi connectivity index (χ1) is 14.0. The second kappa shape index (κ2) is 9.18. The maximum absolute atomic E-state index is 13.2. The van der Waals surface area contributed by atoms with Crippen molar-refractivity contribution in [1.29, 1.82) is 0 Å². The molecule has 0 fully saturated rings. The molecule has 2 aromatic carbocycles. The highest BCUT2D eigenvalue weighted by Crippen LogP contribution is 2.39. The number of hydrogen-bond acceptors (Lipinski definition) is 5. The molecule has 6 heteroatoms. The van der Waals surface area contributed by atoms with E-state index < -0.39 is 0 Å². The van der Waals surface area contributed by atoms with Crippen molar-refractivity contribution in [2.75, 3.05) is 17.3 Å². The molecule has 0 unspecified atom stereocenters. The molecule has 0 aromatic heterocycles. The molecule has 1 aliphatic heterocycles. The highest BCUT2D eigenvalue weighted by Gasteiger charge is 2.39. The van der Waals surface area contributed by atoms with E-state index in [2.05, 4.69) is 0 Å². The Morgan fingerprint density at radius 3 is 2.07 bits per heavy atom. The van der Waals surface area contributed by atoms with Crippen molar-refractivity contribution < 1.29 is 19.1 Å². The Hall–Kier alpha value is -2.73. The fourth-order valence-corrected chi connectivity index (χ4v) is 3.96. The maximum Gasteiger partial charge on any atom is 0.272 e. The zero-order chi connectivity index (χ0) is 21.0. The van der Waals surface area contributed by atoms with E-state index in [-0.39, 0.29) is 17.9 Å². The van der Waals surface area contributed by atoms with Crippen LogP contribution in [0.3, 0.4) is 0 Å². The Labute approximate surface area is 175 Å². The summed E-state index contributed by atoms with van der Waals surface area (Å²) in [7, 11) is 0. The van der Waals surface area contributed by atoms with Gasteiger partial charge in [-0.15, -0.1) is 11.8 Å². The fraction of sp³-hybridized carbons (Fsp3) is 0.304. The van der Waals surface area contributed by atoms with Crippen LogP contribution in [0.4, 0.5) is 5.69 Å². The fourth-order valence-electron chi connectivity index (χ4n) is 3.11. The summed E-state index contributed by atoms with van der Waals surface area (Å²) in [6.07, 6.45) is 0.0522. The second-order valence-electron chi connectivity index (χ2n) is 6.70. The average Bonchev–Trinajstić information content (AvgIpc) is 2.93. The molecule has 0 N–H and O–H groups in total. The smallest absolute Gasteiger partial charge is 0.272 e.